The average Bonchev–Trinajstić information content (AvgIpc) is 3.65. The summed E-state index contributed by atoms with van der Waals surface area (Å²) >= 11 is 0. The molecule has 0 aliphatic heterocycles. The first-order valence-corrected chi connectivity index (χ1v) is 19.3. The average molecular weight is 714 g/mol. The Morgan fingerprint density at radius 1 is 0.491 bits per heavy atom. The highest BCUT2D eigenvalue weighted by Crippen LogP contribution is 2.42. The van der Waals surface area contributed by atoms with E-state index in [4.69, 9.17) is 19.4 Å². The van der Waals surface area contributed by atoms with E-state index in [0.717, 1.165) is 81.3 Å². The predicted molar refractivity (Wildman–Crippen MR) is 225 cm³/mol. The molecule has 268 valence electrons. The number of benzene rings is 5. The lowest BCUT2D eigenvalue weighted by molar-refractivity contribution is 0.502. The topological polar surface area (TPSA) is 51.8 Å². The summed E-state index contributed by atoms with van der Waals surface area (Å²) in [7, 11) is 0. The van der Waals surface area contributed by atoms with Crippen LogP contribution in [0.15, 0.2) is 181 Å². The van der Waals surface area contributed by atoms with E-state index < -0.39 is 0 Å². The molecule has 9 rings (SSSR count). The Hall–Kier alpha value is -6.39. The molecule has 4 nitrogen and oxygen atoms in total. The van der Waals surface area contributed by atoms with Gasteiger partial charge in [0.15, 0.2) is 0 Å². The summed E-state index contributed by atoms with van der Waals surface area (Å²) in [6.07, 6.45) is 7.19. The predicted octanol–water partition coefficient (Wildman–Crippen LogP) is 12.5. The molecule has 0 fully saturated rings. The lowest BCUT2D eigenvalue weighted by Crippen LogP contribution is -2.26. The smallest absolute Gasteiger partial charge is 0.144 e. The summed E-state index contributed by atoms with van der Waals surface area (Å²) in [4.78, 5) is 15.1. The van der Waals surface area contributed by atoms with Crippen molar-refractivity contribution in [3.05, 3.63) is 210 Å². The molecular weight excluding hydrogens is 671 g/mol. The highest BCUT2D eigenvalue weighted by molar-refractivity contribution is 6.17. The van der Waals surface area contributed by atoms with Gasteiger partial charge in [0, 0.05) is 50.6 Å². The Morgan fingerprint density at radius 2 is 1.11 bits per heavy atom. The van der Waals surface area contributed by atoms with Crippen LogP contribution in [-0.2, 0) is 23.7 Å². The number of hydrogen-bond donors (Lipinski definition) is 0. The SMILES string of the molecule is CC(CCc1cc(-c2cccc(CCC(C)(c3ccccc3)c3ccccn3)n2)c2oc3c4ccccc4ccc3c2c1)(c1ccccc1)c1ccccn1. The normalized spacial score (nSPS) is 13.9. The molecule has 0 aliphatic rings. The van der Waals surface area contributed by atoms with Crippen LogP contribution >= 0.6 is 0 Å². The van der Waals surface area contributed by atoms with Crippen LogP contribution < -0.4 is 0 Å². The van der Waals surface area contributed by atoms with Crippen molar-refractivity contribution in [2.45, 2.75) is 50.4 Å². The maximum Gasteiger partial charge on any atom is 0.144 e. The van der Waals surface area contributed by atoms with Crippen molar-refractivity contribution in [1.29, 1.82) is 0 Å². The van der Waals surface area contributed by atoms with E-state index in [1.54, 1.807) is 0 Å². The zero-order valence-electron chi connectivity index (χ0n) is 31.3. The van der Waals surface area contributed by atoms with Crippen LogP contribution in [0.5, 0.6) is 0 Å². The maximum absolute atomic E-state index is 6.90. The van der Waals surface area contributed by atoms with E-state index in [9.17, 15) is 0 Å². The van der Waals surface area contributed by atoms with Crippen LogP contribution in [0, 0.1) is 0 Å². The fourth-order valence-electron chi connectivity index (χ4n) is 8.37. The number of pyridine rings is 3. The first-order chi connectivity index (χ1) is 27.0. The molecule has 4 heterocycles. The minimum absolute atomic E-state index is 0.272. The lowest BCUT2D eigenvalue weighted by Gasteiger charge is -2.30. The fraction of sp³-hybridized carbons (Fsp3) is 0.157. The highest BCUT2D eigenvalue weighted by Gasteiger charge is 2.31. The first-order valence-electron chi connectivity index (χ1n) is 19.3. The molecule has 5 aromatic carbocycles. The van der Waals surface area contributed by atoms with Gasteiger partial charge in [-0.25, -0.2) is 0 Å². The zero-order valence-corrected chi connectivity index (χ0v) is 31.3. The summed E-state index contributed by atoms with van der Waals surface area (Å²) in [5.74, 6) is 0. The van der Waals surface area contributed by atoms with Gasteiger partial charge in [0.2, 0.25) is 0 Å². The molecular formula is C51H43N3O. The standard InChI is InChI=1S/C51H43N3O/c1-50(38-17-5-3-6-18-38,46-24-11-13-32-52-46)30-28-36-34-43-42-27-26-37-16-9-10-22-41(37)48(42)55-49(43)44(35-36)45-23-15-21-40(54-45)29-31-51(2,39-19-7-4-8-20-39)47-25-12-14-33-53-47/h3-27,32-35H,28-31H2,1-2H3. The molecule has 55 heavy (non-hydrogen) atoms. The Morgan fingerprint density at radius 3 is 1.76 bits per heavy atom. The second kappa shape index (κ2) is 14.4. The number of nitrogens with zero attached hydrogens (tertiary/aromatic N) is 3. The summed E-state index contributed by atoms with van der Waals surface area (Å²) < 4.78 is 6.90. The number of hydrogen-bond acceptors (Lipinski definition) is 4. The van der Waals surface area contributed by atoms with Gasteiger partial charge in [0.05, 0.1) is 17.1 Å². The van der Waals surface area contributed by atoms with Crippen LogP contribution in [0.25, 0.3) is 44.0 Å². The molecule has 0 radical (unpaired) electrons. The Bertz CT molecular complexity index is 2640. The van der Waals surface area contributed by atoms with Gasteiger partial charge in [-0.2, -0.15) is 0 Å². The molecule has 0 amide bonds. The van der Waals surface area contributed by atoms with Crippen LogP contribution in [0.1, 0.15) is 60.5 Å². The van der Waals surface area contributed by atoms with E-state index in [1.165, 1.54) is 22.1 Å². The molecule has 0 aliphatic carbocycles. The summed E-state index contributed by atoms with van der Waals surface area (Å²) in [5, 5.41) is 4.52. The molecule has 0 saturated carbocycles. The van der Waals surface area contributed by atoms with E-state index in [-0.39, 0.29) is 10.8 Å². The number of aryl methyl sites for hydroxylation is 2. The summed E-state index contributed by atoms with van der Waals surface area (Å²) in [6.45, 7) is 4.62. The van der Waals surface area contributed by atoms with Crippen LogP contribution in [-0.4, -0.2) is 15.0 Å². The molecule has 0 N–H and O–H groups in total. The molecule has 2 unspecified atom stereocenters. The maximum atomic E-state index is 6.90. The van der Waals surface area contributed by atoms with E-state index in [0.29, 0.717) is 0 Å². The Balaban J connectivity index is 1.13. The number of aromatic nitrogens is 3. The third-order valence-corrected chi connectivity index (χ3v) is 11.7. The van der Waals surface area contributed by atoms with Crippen molar-refractivity contribution in [3.63, 3.8) is 0 Å². The number of rotatable bonds is 11. The summed E-state index contributed by atoms with van der Waals surface area (Å²) in [5.41, 5.74) is 10.1. The molecule has 2 atom stereocenters. The second-order valence-corrected chi connectivity index (χ2v) is 15.1. The monoisotopic (exact) mass is 713 g/mol. The van der Waals surface area contributed by atoms with Gasteiger partial charge in [0.25, 0.3) is 0 Å². The summed E-state index contributed by atoms with van der Waals surface area (Å²) in [6, 6.07) is 57.9. The van der Waals surface area contributed by atoms with E-state index >= 15 is 0 Å². The van der Waals surface area contributed by atoms with Crippen LogP contribution in [0.3, 0.4) is 0 Å². The second-order valence-electron chi connectivity index (χ2n) is 15.1. The van der Waals surface area contributed by atoms with Crippen molar-refractivity contribution in [3.8, 4) is 11.3 Å². The fourth-order valence-corrected chi connectivity index (χ4v) is 8.37. The molecule has 4 heteroatoms. The first kappa shape index (κ1) is 34.4. The molecule has 0 bridgehead atoms. The van der Waals surface area contributed by atoms with Crippen LogP contribution in [0.4, 0.5) is 0 Å². The molecule has 0 saturated heterocycles. The van der Waals surface area contributed by atoms with Gasteiger partial charge >= 0.3 is 0 Å². The van der Waals surface area contributed by atoms with Gasteiger partial charge in [0.1, 0.15) is 11.2 Å². The van der Waals surface area contributed by atoms with Crippen molar-refractivity contribution in [1.82, 2.24) is 15.0 Å². The van der Waals surface area contributed by atoms with E-state index in [1.807, 2.05) is 24.5 Å². The van der Waals surface area contributed by atoms with Gasteiger partial charge < -0.3 is 4.42 Å². The van der Waals surface area contributed by atoms with Gasteiger partial charge in [-0.3, -0.25) is 15.0 Å². The number of fused-ring (bicyclic) bond motifs is 5. The quantitative estimate of drug-likeness (QED) is 0.134. The van der Waals surface area contributed by atoms with Crippen molar-refractivity contribution >= 4 is 32.7 Å². The minimum atomic E-state index is -0.274. The highest BCUT2D eigenvalue weighted by atomic mass is 16.3. The molecule has 4 aromatic heterocycles. The molecule has 9 aromatic rings. The minimum Gasteiger partial charge on any atom is -0.455 e. The molecule has 0 spiro atoms. The number of furan rings is 1. The van der Waals surface area contributed by atoms with Crippen molar-refractivity contribution in [2.24, 2.45) is 0 Å². The Kier molecular flexibility index (Phi) is 9.03. The largest absolute Gasteiger partial charge is 0.455 e. The third-order valence-electron chi connectivity index (χ3n) is 11.7. The lowest BCUT2D eigenvalue weighted by atomic mass is 9.74. The third kappa shape index (κ3) is 6.48. The van der Waals surface area contributed by atoms with Gasteiger partial charge in [-0.15, -0.1) is 0 Å². The van der Waals surface area contributed by atoms with E-state index in [2.05, 4.69) is 166 Å². The van der Waals surface area contributed by atoms with Crippen LogP contribution in [0.2, 0.25) is 0 Å². The zero-order chi connectivity index (χ0) is 37.2. The van der Waals surface area contributed by atoms with Gasteiger partial charge in [-0.1, -0.05) is 109 Å². The Labute approximate surface area is 322 Å². The van der Waals surface area contributed by atoms with Crippen molar-refractivity contribution < 1.29 is 4.42 Å². The van der Waals surface area contributed by atoms with Crippen molar-refractivity contribution in [2.75, 3.05) is 0 Å². The van der Waals surface area contributed by atoms with Gasteiger partial charge in [-0.05, 0) is 116 Å².